The number of aromatic nitrogens is 2. The lowest BCUT2D eigenvalue weighted by molar-refractivity contribution is -0.133. The van der Waals surface area contributed by atoms with Crippen LogP contribution < -0.4 is 10.6 Å². The molecule has 3 amide bonds. The van der Waals surface area contributed by atoms with Crippen molar-refractivity contribution < 1.29 is 18.8 Å². The van der Waals surface area contributed by atoms with Crippen LogP contribution in [0.25, 0.3) is 0 Å². The van der Waals surface area contributed by atoms with Crippen molar-refractivity contribution in [3.63, 3.8) is 0 Å². The molecule has 0 saturated heterocycles. The number of benzene rings is 2. The second-order valence-corrected chi connectivity index (χ2v) is 9.28. The van der Waals surface area contributed by atoms with Gasteiger partial charge in [-0.15, -0.1) is 0 Å². The van der Waals surface area contributed by atoms with E-state index in [1.165, 1.54) is 23.4 Å². The minimum absolute atomic E-state index is 0.00493. The summed E-state index contributed by atoms with van der Waals surface area (Å²) in [5.41, 5.74) is 1.83. The third-order valence-electron chi connectivity index (χ3n) is 6.45. The Balaban J connectivity index is 1.53. The Labute approximate surface area is 209 Å². The van der Waals surface area contributed by atoms with E-state index in [0.29, 0.717) is 19.5 Å². The van der Waals surface area contributed by atoms with Crippen molar-refractivity contribution in [3.05, 3.63) is 88.8 Å². The molecule has 3 aromatic rings. The summed E-state index contributed by atoms with van der Waals surface area (Å²) in [6, 6.07) is 13.7. The molecule has 0 aliphatic carbocycles. The summed E-state index contributed by atoms with van der Waals surface area (Å²) in [5, 5.41) is 5.70. The zero-order valence-corrected chi connectivity index (χ0v) is 20.7. The van der Waals surface area contributed by atoms with Gasteiger partial charge in [-0.05, 0) is 43.5 Å². The van der Waals surface area contributed by atoms with E-state index in [1.807, 2.05) is 38.1 Å². The number of nitrogens with zero attached hydrogens (tertiary/aromatic N) is 3. The number of nitrogens with one attached hydrogen (secondary N) is 2. The second-order valence-electron chi connectivity index (χ2n) is 9.28. The molecule has 2 aromatic carbocycles. The number of halogens is 1. The van der Waals surface area contributed by atoms with E-state index in [2.05, 4.69) is 15.6 Å². The Morgan fingerprint density at radius 3 is 2.28 bits per heavy atom. The van der Waals surface area contributed by atoms with Crippen LogP contribution in [0.4, 0.5) is 4.39 Å². The summed E-state index contributed by atoms with van der Waals surface area (Å²) in [6.07, 6.45) is 2.07. The lowest BCUT2D eigenvalue weighted by Crippen LogP contribution is -2.64. The van der Waals surface area contributed by atoms with Crippen LogP contribution in [0.1, 0.15) is 57.9 Å². The van der Waals surface area contributed by atoms with Gasteiger partial charge in [0.1, 0.15) is 17.1 Å². The fourth-order valence-electron chi connectivity index (χ4n) is 4.37. The first-order valence-corrected chi connectivity index (χ1v) is 12.0. The van der Waals surface area contributed by atoms with Crippen molar-refractivity contribution in [1.82, 2.24) is 25.1 Å². The minimum atomic E-state index is -1.15. The van der Waals surface area contributed by atoms with E-state index in [9.17, 15) is 18.8 Å². The molecule has 1 aromatic heterocycles. The normalized spacial score (nSPS) is 17.0. The van der Waals surface area contributed by atoms with Crippen molar-refractivity contribution in [3.8, 4) is 0 Å². The molecule has 0 saturated carbocycles. The van der Waals surface area contributed by atoms with Gasteiger partial charge in [-0.25, -0.2) is 9.37 Å². The van der Waals surface area contributed by atoms with E-state index in [-0.39, 0.29) is 36.2 Å². The zero-order valence-electron chi connectivity index (χ0n) is 20.7. The first-order chi connectivity index (χ1) is 17.2. The standard InChI is InChI=1S/C27H30FN5O3/c1-4-13-33-25(35)23-22(24(34)29-14-20-9-11-21(28)12-10-20)31-17-32(23)16-27(33,3)26(36)30-15-19-7-5-18(2)6-8-19/h5-12,17H,4,13-16H2,1-3H3,(H,29,34)(H,30,36)/t27-/m1/s1. The molecular formula is C27H30FN5O3. The second kappa shape index (κ2) is 10.3. The maximum atomic E-state index is 13.6. The number of hydrogen-bond donors (Lipinski definition) is 2. The largest absolute Gasteiger partial charge is 0.350 e. The van der Waals surface area contributed by atoms with Crippen molar-refractivity contribution in [2.75, 3.05) is 6.54 Å². The van der Waals surface area contributed by atoms with Gasteiger partial charge in [-0.1, -0.05) is 48.9 Å². The molecule has 0 bridgehead atoms. The molecule has 0 unspecified atom stereocenters. The molecule has 0 fully saturated rings. The predicted molar refractivity (Wildman–Crippen MR) is 133 cm³/mol. The van der Waals surface area contributed by atoms with Gasteiger partial charge in [-0.2, -0.15) is 0 Å². The first kappa shape index (κ1) is 25.1. The topological polar surface area (TPSA) is 96.3 Å². The summed E-state index contributed by atoms with van der Waals surface area (Å²) >= 11 is 0. The quantitative estimate of drug-likeness (QED) is 0.506. The number of hydrogen-bond acceptors (Lipinski definition) is 4. The Morgan fingerprint density at radius 1 is 1.03 bits per heavy atom. The van der Waals surface area contributed by atoms with Crippen LogP contribution in [0.2, 0.25) is 0 Å². The Hall–Kier alpha value is -4.01. The molecule has 4 rings (SSSR count). The van der Waals surface area contributed by atoms with Gasteiger partial charge in [0.05, 0.1) is 12.9 Å². The third-order valence-corrected chi connectivity index (χ3v) is 6.45. The first-order valence-electron chi connectivity index (χ1n) is 12.0. The highest BCUT2D eigenvalue weighted by Gasteiger charge is 2.48. The number of imidazole rings is 1. The number of amides is 3. The number of rotatable bonds is 8. The Morgan fingerprint density at radius 2 is 1.64 bits per heavy atom. The number of carbonyl (C=O) groups excluding carboxylic acids is 3. The predicted octanol–water partition coefficient (Wildman–Crippen LogP) is 3.20. The van der Waals surface area contributed by atoms with Crippen LogP contribution in [0.3, 0.4) is 0 Å². The van der Waals surface area contributed by atoms with E-state index < -0.39 is 17.4 Å². The van der Waals surface area contributed by atoms with Gasteiger partial charge >= 0.3 is 0 Å². The molecule has 1 atom stereocenters. The average molecular weight is 492 g/mol. The lowest BCUT2D eigenvalue weighted by Gasteiger charge is -2.43. The summed E-state index contributed by atoms with van der Waals surface area (Å²) < 4.78 is 14.7. The molecule has 0 spiro atoms. The summed E-state index contributed by atoms with van der Waals surface area (Å²) in [4.78, 5) is 45.6. The van der Waals surface area contributed by atoms with Crippen LogP contribution in [0.5, 0.6) is 0 Å². The van der Waals surface area contributed by atoms with Gasteiger partial charge in [0.25, 0.3) is 11.8 Å². The van der Waals surface area contributed by atoms with E-state index in [1.54, 1.807) is 23.6 Å². The van der Waals surface area contributed by atoms with Crippen molar-refractivity contribution in [1.29, 1.82) is 0 Å². The molecule has 2 heterocycles. The highest BCUT2D eigenvalue weighted by Crippen LogP contribution is 2.29. The minimum Gasteiger partial charge on any atom is -0.350 e. The van der Waals surface area contributed by atoms with Crippen molar-refractivity contribution in [2.45, 2.75) is 52.4 Å². The summed E-state index contributed by atoms with van der Waals surface area (Å²) in [6.45, 7) is 6.71. The van der Waals surface area contributed by atoms with Gasteiger partial charge in [-0.3, -0.25) is 14.4 Å². The molecule has 0 radical (unpaired) electrons. The molecule has 8 nitrogen and oxygen atoms in total. The molecule has 36 heavy (non-hydrogen) atoms. The fraction of sp³-hybridized carbons (Fsp3) is 0.333. The zero-order chi connectivity index (χ0) is 25.9. The maximum absolute atomic E-state index is 13.6. The molecule has 188 valence electrons. The van der Waals surface area contributed by atoms with E-state index >= 15 is 0 Å². The number of fused-ring (bicyclic) bond motifs is 1. The van der Waals surface area contributed by atoms with E-state index in [0.717, 1.165) is 16.7 Å². The monoisotopic (exact) mass is 491 g/mol. The highest BCUT2D eigenvalue weighted by atomic mass is 19.1. The Bertz CT molecular complexity index is 1270. The maximum Gasteiger partial charge on any atom is 0.273 e. The Kier molecular flexibility index (Phi) is 7.19. The van der Waals surface area contributed by atoms with Crippen molar-refractivity contribution >= 4 is 17.7 Å². The van der Waals surface area contributed by atoms with Gasteiger partial charge in [0.2, 0.25) is 5.91 Å². The highest BCUT2D eigenvalue weighted by molar-refractivity contribution is 6.07. The van der Waals surface area contributed by atoms with Crippen LogP contribution in [0.15, 0.2) is 54.9 Å². The SMILES string of the molecule is CCCN1C(=O)c2c(C(=O)NCc3ccc(F)cc3)ncn2C[C@]1(C)C(=O)NCc1ccc(C)cc1. The molecule has 9 heteroatoms. The van der Waals surface area contributed by atoms with Crippen LogP contribution in [-0.4, -0.2) is 44.3 Å². The van der Waals surface area contributed by atoms with E-state index in [4.69, 9.17) is 0 Å². The van der Waals surface area contributed by atoms with Crippen LogP contribution in [-0.2, 0) is 24.4 Å². The summed E-state index contributed by atoms with van der Waals surface area (Å²) in [7, 11) is 0. The fourth-order valence-corrected chi connectivity index (χ4v) is 4.37. The average Bonchev–Trinajstić information content (AvgIpc) is 3.29. The molecule has 2 N–H and O–H groups in total. The van der Waals surface area contributed by atoms with Crippen LogP contribution in [0, 0.1) is 12.7 Å². The molecule has 1 aliphatic heterocycles. The lowest BCUT2D eigenvalue weighted by atomic mass is 9.93. The van der Waals surface area contributed by atoms with Gasteiger partial charge < -0.3 is 20.1 Å². The van der Waals surface area contributed by atoms with Gasteiger partial charge in [0.15, 0.2) is 5.69 Å². The van der Waals surface area contributed by atoms with Crippen molar-refractivity contribution in [2.24, 2.45) is 0 Å². The molecular weight excluding hydrogens is 461 g/mol. The molecule has 1 aliphatic rings. The number of carbonyl (C=O) groups is 3. The number of aryl methyl sites for hydroxylation is 1. The third kappa shape index (κ3) is 5.00. The summed E-state index contributed by atoms with van der Waals surface area (Å²) in [5.74, 6) is -1.56. The smallest absolute Gasteiger partial charge is 0.273 e. The van der Waals surface area contributed by atoms with Crippen LogP contribution >= 0.6 is 0 Å². The van der Waals surface area contributed by atoms with Gasteiger partial charge in [0, 0.05) is 19.6 Å².